The number of Topliss-reactive ketones (excluding diaryl/α,β-unsaturated/α-hetero) is 1. The van der Waals surface area contributed by atoms with Crippen molar-refractivity contribution in [3.05, 3.63) is 98.9 Å². The number of nitrogens with one attached hydrogen (secondary N) is 1. The van der Waals surface area contributed by atoms with E-state index in [-0.39, 0.29) is 42.1 Å². The number of allylic oxidation sites excluding steroid dienone is 4. The zero-order valence-corrected chi connectivity index (χ0v) is 41.3. The Bertz CT molecular complexity index is 2840. The quantitative estimate of drug-likeness (QED) is 0.0603. The molecule has 0 radical (unpaired) electrons. The van der Waals surface area contributed by atoms with Crippen molar-refractivity contribution in [2.75, 3.05) is 19.0 Å². The number of fused-ring (bicyclic) bond motifs is 4. The molecule has 2 bridgehead atoms. The summed E-state index contributed by atoms with van der Waals surface area (Å²) in [5.74, 6) is -1.83. The Morgan fingerprint density at radius 2 is 1.70 bits per heavy atom. The predicted octanol–water partition coefficient (Wildman–Crippen LogP) is 5.47. The van der Waals surface area contributed by atoms with Crippen molar-refractivity contribution in [3.8, 4) is 23.0 Å². The van der Waals surface area contributed by atoms with Crippen LogP contribution in [0, 0.1) is 11.8 Å². The van der Waals surface area contributed by atoms with E-state index in [1.807, 2.05) is 66.7 Å². The molecule has 6 N–H and O–H groups in total. The minimum absolute atomic E-state index is 0.0665. The molecule has 11 atom stereocenters. The van der Waals surface area contributed by atoms with Crippen molar-refractivity contribution in [1.82, 2.24) is 14.8 Å². The number of aliphatic hydroxyl groups is 5. The van der Waals surface area contributed by atoms with E-state index in [0.29, 0.717) is 63.6 Å². The lowest BCUT2D eigenvalue weighted by molar-refractivity contribution is -0.277. The molecule has 0 amide bonds. The summed E-state index contributed by atoms with van der Waals surface area (Å²) in [7, 11) is 1.29. The average molecular weight is 979 g/mol. The van der Waals surface area contributed by atoms with Gasteiger partial charge in [0.05, 0.1) is 42.1 Å². The lowest BCUT2D eigenvalue weighted by atomic mass is 9.58. The molecule has 3 fully saturated rings. The second-order valence-electron chi connectivity index (χ2n) is 20.2. The van der Waals surface area contributed by atoms with Crippen LogP contribution in [-0.4, -0.2) is 119 Å². The van der Waals surface area contributed by atoms with Crippen LogP contribution in [0.5, 0.6) is 23.0 Å². The predicted molar refractivity (Wildman–Crippen MR) is 257 cm³/mol. The maximum Gasteiger partial charge on any atom is 0.343 e. The van der Waals surface area contributed by atoms with E-state index in [4.69, 9.17) is 28.4 Å². The Balaban J connectivity index is 1.24. The molecule has 5 heterocycles. The SMILES string of the molecule is COC(=O)/C(C)=C1\CC2(O)C(=O)CC(C1C)C21Oc2c(CC=C(C)C)c3c(c(OC(=O)c4ccc(O[C@@H]5O[C@H](CO)[C@@H](O)[C@H](O)[C@H]5O)cc4)c2C2=C1C(C)n1ncnc1N2)C=CC(C)(CCC=C(C)C)O3. The number of ketones is 1. The summed E-state index contributed by atoms with van der Waals surface area (Å²) < 4.78 is 39.4. The maximum atomic E-state index is 14.7. The van der Waals surface area contributed by atoms with Gasteiger partial charge in [0.2, 0.25) is 12.2 Å². The van der Waals surface area contributed by atoms with E-state index in [2.05, 4.69) is 21.5 Å². The molecule has 3 aromatic rings. The molecule has 6 aliphatic rings. The highest BCUT2D eigenvalue weighted by Gasteiger charge is 2.75. The number of benzene rings is 2. The smallest absolute Gasteiger partial charge is 0.343 e. The second-order valence-corrected chi connectivity index (χ2v) is 20.2. The molecule has 18 nitrogen and oxygen atoms in total. The lowest BCUT2D eigenvalue weighted by Gasteiger charge is -2.56. The highest BCUT2D eigenvalue weighted by molar-refractivity contribution is 6.01. The van der Waals surface area contributed by atoms with E-state index in [1.165, 1.54) is 37.7 Å². The third kappa shape index (κ3) is 8.08. The molecule has 1 spiro atoms. The second kappa shape index (κ2) is 18.5. The summed E-state index contributed by atoms with van der Waals surface area (Å²) in [5.41, 5.74) is 0.571. The number of ether oxygens (including phenoxy) is 6. The molecule has 9 rings (SSSR count). The van der Waals surface area contributed by atoms with Crippen LogP contribution < -0.4 is 24.3 Å². The standard InChI is InChI=1S/C53H62N4O14/c1-25(2)11-10-19-51(8)20-18-33-44(70-51)32(17-12-26(3)4)46-38(45(33)69-48(64)30-13-15-31(16-14-30)67-49-43(62)42(61)41(60)36(23-58)68-49)40-39(29(7)57-50(56-40)54-24-55-57)53(71-46)35-21-37(59)52(53,65)22-34(27(35)5)28(6)47(63)66-9/h11-16,18,20,24,27,29,35-36,41-43,49,58,60-62,65H,10,17,19,21-23H2,1-9H3,(H,54,55,56)/b34-28+/t27?,29?,35?,36-,41-,42+,43-,49-,51?,52?,53?/m1/s1. The largest absolute Gasteiger partial charge is 0.482 e. The van der Waals surface area contributed by atoms with Gasteiger partial charge in [0.1, 0.15) is 53.6 Å². The van der Waals surface area contributed by atoms with Crippen molar-refractivity contribution in [3.63, 3.8) is 0 Å². The van der Waals surface area contributed by atoms with Gasteiger partial charge in [-0.05, 0) is 110 Å². The first kappa shape index (κ1) is 49.8. The van der Waals surface area contributed by atoms with Crippen molar-refractivity contribution in [1.29, 1.82) is 0 Å². The fourth-order valence-corrected chi connectivity index (χ4v) is 11.2. The van der Waals surface area contributed by atoms with Gasteiger partial charge in [0.25, 0.3) is 0 Å². The zero-order chi connectivity index (χ0) is 51.1. The van der Waals surface area contributed by atoms with Gasteiger partial charge in [-0.15, -0.1) is 0 Å². The molecule has 1 saturated heterocycles. The van der Waals surface area contributed by atoms with Crippen LogP contribution in [0.2, 0.25) is 0 Å². The molecule has 71 heavy (non-hydrogen) atoms. The molecule has 6 unspecified atom stereocenters. The number of carbonyl (C=O) groups is 3. The Labute approximate surface area is 411 Å². The van der Waals surface area contributed by atoms with Gasteiger partial charge in [-0.3, -0.25) is 4.79 Å². The molecule has 4 aliphatic heterocycles. The molecular weight excluding hydrogens is 917 g/mol. The molecular formula is C53H62N4O14. The van der Waals surface area contributed by atoms with Crippen LogP contribution in [0.4, 0.5) is 5.95 Å². The van der Waals surface area contributed by atoms with Crippen LogP contribution >= 0.6 is 0 Å². The Kier molecular flexibility index (Phi) is 13.0. The van der Waals surface area contributed by atoms with Gasteiger partial charge in [-0.25, -0.2) is 14.3 Å². The van der Waals surface area contributed by atoms with Gasteiger partial charge in [0.15, 0.2) is 22.7 Å². The van der Waals surface area contributed by atoms with Gasteiger partial charge in [0, 0.05) is 35.5 Å². The molecule has 2 aromatic carbocycles. The first-order valence-corrected chi connectivity index (χ1v) is 24.0. The van der Waals surface area contributed by atoms with Gasteiger partial charge < -0.3 is 59.3 Å². The normalized spacial score (nSPS) is 31.7. The summed E-state index contributed by atoms with van der Waals surface area (Å²) >= 11 is 0. The number of methoxy groups -OCH3 is 1. The first-order valence-electron chi connectivity index (χ1n) is 24.0. The van der Waals surface area contributed by atoms with E-state index in [1.54, 1.807) is 11.6 Å². The number of aromatic nitrogens is 3. The first-order chi connectivity index (χ1) is 33.7. The fourth-order valence-electron chi connectivity index (χ4n) is 11.2. The Morgan fingerprint density at radius 3 is 2.38 bits per heavy atom. The third-order valence-electron chi connectivity index (χ3n) is 15.1. The summed E-state index contributed by atoms with van der Waals surface area (Å²) in [6.07, 6.45) is 3.16. The highest BCUT2D eigenvalue weighted by Crippen LogP contribution is 2.67. The molecule has 378 valence electrons. The molecule has 2 saturated carbocycles. The van der Waals surface area contributed by atoms with Crippen molar-refractivity contribution < 1.29 is 68.3 Å². The van der Waals surface area contributed by atoms with Crippen LogP contribution in [-0.2, 0) is 25.5 Å². The van der Waals surface area contributed by atoms with E-state index >= 15 is 0 Å². The zero-order valence-electron chi connectivity index (χ0n) is 41.3. The summed E-state index contributed by atoms with van der Waals surface area (Å²) in [5, 5.41) is 62.3. The van der Waals surface area contributed by atoms with E-state index in [9.17, 15) is 39.9 Å². The number of esters is 2. The number of carbonyl (C=O) groups excluding carboxylic acids is 3. The van der Waals surface area contributed by atoms with Crippen molar-refractivity contribution in [2.45, 2.75) is 141 Å². The maximum absolute atomic E-state index is 14.7. The number of anilines is 1. The number of nitrogens with zero attached hydrogens (tertiary/aromatic N) is 3. The van der Waals surface area contributed by atoms with Gasteiger partial charge in [-0.1, -0.05) is 35.8 Å². The van der Waals surface area contributed by atoms with Crippen LogP contribution in [0.25, 0.3) is 11.8 Å². The summed E-state index contributed by atoms with van der Waals surface area (Å²) in [4.78, 5) is 47.1. The average Bonchev–Trinajstić information content (AvgIpc) is 3.87. The number of hydrogen-bond donors (Lipinski definition) is 6. The number of hydrogen-bond acceptors (Lipinski definition) is 17. The van der Waals surface area contributed by atoms with Crippen LogP contribution in [0.1, 0.15) is 114 Å². The van der Waals surface area contributed by atoms with Gasteiger partial charge >= 0.3 is 11.9 Å². The monoisotopic (exact) mass is 978 g/mol. The molecule has 18 heteroatoms. The fraction of sp³-hybridized carbons (Fsp3) is 0.491. The Hall–Kier alpha value is -6.15. The van der Waals surface area contributed by atoms with Gasteiger partial charge in [-0.2, -0.15) is 10.1 Å². The lowest BCUT2D eigenvalue weighted by Crippen LogP contribution is -2.67. The topological polar surface area (TPSA) is 250 Å². The van der Waals surface area contributed by atoms with Crippen molar-refractivity contribution >= 4 is 35.4 Å². The molecule has 2 aliphatic carbocycles. The van der Waals surface area contributed by atoms with E-state index < -0.39 is 89.7 Å². The minimum atomic E-state index is -2.21. The number of aliphatic hydroxyl groups excluding tert-OH is 4. The molecule has 1 aromatic heterocycles. The highest BCUT2D eigenvalue weighted by atomic mass is 16.7. The van der Waals surface area contributed by atoms with E-state index in [0.717, 1.165) is 11.1 Å². The van der Waals surface area contributed by atoms with Crippen molar-refractivity contribution in [2.24, 2.45) is 11.8 Å². The van der Waals surface area contributed by atoms with Crippen LogP contribution in [0.15, 0.2) is 76.7 Å². The Morgan fingerprint density at radius 1 is 0.986 bits per heavy atom. The number of rotatable bonds is 11. The summed E-state index contributed by atoms with van der Waals surface area (Å²) in [6, 6.07) is 5.09. The third-order valence-corrected chi connectivity index (χ3v) is 15.1. The van der Waals surface area contributed by atoms with Crippen LogP contribution in [0.3, 0.4) is 0 Å². The minimum Gasteiger partial charge on any atom is -0.482 e. The summed E-state index contributed by atoms with van der Waals surface area (Å²) in [6.45, 7) is 14.8.